The minimum atomic E-state index is -0.290. The van der Waals surface area contributed by atoms with E-state index in [9.17, 15) is 9.90 Å². The minimum Gasteiger partial charge on any atom is -0.508 e. The summed E-state index contributed by atoms with van der Waals surface area (Å²) in [5.74, 6) is 0.694. The third-order valence-electron chi connectivity index (χ3n) is 3.40. The lowest BCUT2D eigenvalue weighted by atomic mass is 10.2. The zero-order valence-electron chi connectivity index (χ0n) is 13.6. The van der Waals surface area contributed by atoms with Crippen molar-refractivity contribution in [3.63, 3.8) is 0 Å². The summed E-state index contributed by atoms with van der Waals surface area (Å²) in [4.78, 5) is 11.7. The topological polar surface area (TPSA) is 77.2 Å². The fraction of sp³-hybridized carbons (Fsp3) is 0.167. The molecular formula is C18H17N3O3S. The van der Waals surface area contributed by atoms with Crippen molar-refractivity contribution in [2.45, 2.75) is 12.1 Å². The summed E-state index contributed by atoms with van der Waals surface area (Å²) in [6.07, 6.45) is 0. The zero-order valence-corrected chi connectivity index (χ0v) is 14.4. The van der Waals surface area contributed by atoms with E-state index in [2.05, 4.69) is 10.2 Å². The lowest BCUT2D eigenvalue weighted by Crippen LogP contribution is -2.08. The van der Waals surface area contributed by atoms with E-state index in [-0.39, 0.29) is 17.5 Å². The molecule has 25 heavy (non-hydrogen) atoms. The zero-order chi connectivity index (χ0) is 17.6. The van der Waals surface area contributed by atoms with E-state index in [0.29, 0.717) is 17.6 Å². The highest BCUT2D eigenvalue weighted by Crippen LogP contribution is 2.28. The molecule has 3 rings (SSSR count). The first-order valence-corrected chi connectivity index (χ1v) is 8.76. The molecule has 0 fully saturated rings. The van der Waals surface area contributed by atoms with Gasteiger partial charge in [0.05, 0.1) is 12.4 Å². The van der Waals surface area contributed by atoms with Crippen molar-refractivity contribution in [1.82, 2.24) is 14.8 Å². The summed E-state index contributed by atoms with van der Waals surface area (Å²) in [5, 5.41) is 18.6. The number of rotatable bonds is 6. The number of para-hydroxylation sites is 1. The second kappa shape index (κ2) is 7.85. The molecule has 0 aliphatic rings. The Bertz CT molecular complexity index is 848. The van der Waals surface area contributed by atoms with Gasteiger partial charge in [-0.2, -0.15) is 0 Å². The van der Waals surface area contributed by atoms with Crippen molar-refractivity contribution in [3.05, 3.63) is 54.6 Å². The Morgan fingerprint density at radius 3 is 2.52 bits per heavy atom. The van der Waals surface area contributed by atoms with Gasteiger partial charge in [-0.3, -0.25) is 9.36 Å². The van der Waals surface area contributed by atoms with Gasteiger partial charge in [-0.05, 0) is 43.3 Å². The van der Waals surface area contributed by atoms with Gasteiger partial charge in [-0.25, -0.2) is 0 Å². The molecule has 0 unspecified atom stereocenters. The van der Waals surface area contributed by atoms with Gasteiger partial charge in [0.25, 0.3) is 0 Å². The minimum absolute atomic E-state index is 0.161. The van der Waals surface area contributed by atoms with E-state index >= 15 is 0 Å². The Morgan fingerprint density at radius 1 is 1.12 bits per heavy atom. The quantitative estimate of drug-likeness (QED) is 0.540. The van der Waals surface area contributed by atoms with Crippen molar-refractivity contribution >= 4 is 17.7 Å². The summed E-state index contributed by atoms with van der Waals surface area (Å²) < 4.78 is 6.85. The number of esters is 1. The van der Waals surface area contributed by atoms with E-state index in [1.807, 2.05) is 34.9 Å². The Morgan fingerprint density at radius 2 is 1.84 bits per heavy atom. The number of carbonyl (C=O) groups is 1. The van der Waals surface area contributed by atoms with Gasteiger partial charge in [-0.15, -0.1) is 10.2 Å². The molecule has 0 spiro atoms. The van der Waals surface area contributed by atoms with Crippen molar-refractivity contribution in [2.75, 3.05) is 12.4 Å². The third-order valence-corrected chi connectivity index (χ3v) is 4.30. The number of hydrogen-bond donors (Lipinski definition) is 1. The monoisotopic (exact) mass is 355 g/mol. The first-order valence-electron chi connectivity index (χ1n) is 7.77. The largest absolute Gasteiger partial charge is 0.508 e. The van der Waals surface area contributed by atoms with Crippen molar-refractivity contribution < 1.29 is 14.6 Å². The van der Waals surface area contributed by atoms with Gasteiger partial charge >= 0.3 is 5.97 Å². The van der Waals surface area contributed by atoms with E-state index in [1.165, 1.54) is 11.8 Å². The molecule has 7 heteroatoms. The second-order valence-corrected chi connectivity index (χ2v) is 6.06. The van der Waals surface area contributed by atoms with Gasteiger partial charge in [-0.1, -0.05) is 30.0 Å². The van der Waals surface area contributed by atoms with Crippen LogP contribution in [0.4, 0.5) is 0 Å². The van der Waals surface area contributed by atoms with Crippen LogP contribution >= 0.6 is 11.8 Å². The van der Waals surface area contributed by atoms with Crippen LogP contribution in [0.2, 0.25) is 0 Å². The van der Waals surface area contributed by atoms with Gasteiger partial charge in [0.1, 0.15) is 5.75 Å². The summed E-state index contributed by atoms with van der Waals surface area (Å²) in [6.45, 7) is 2.13. The van der Waals surface area contributed by atoms with Crippen LogP contribution in [0.1, 0.15) is 6.92 Å². The van der Waals surface area contributed by atoms with E-state index in [1.54, 1.807) is 31.2 Å². The van der Waals surface area contributed by atoms with Gasteiger partial charge in [0.2, 0.25) is 0 Å². The molecular weight excluding hydrogens is 338 g/mol. The molecule has 1 heterocycles. The van der Waals surface area contributed by atoms with Crippen LogP contribution in [-0.4, -0.2) is 38.2 Å². The standard InChI is InChI=1S/C18H17N3O3S/c1-2-24-16(23)12-25-18-20-19-17(13-8-10-15(22)11-9-13)21(18)14-6-4-3-5-7-14/h3-11,22H,2,12H2,1H3. The number of ether oxygens (including phenoxy) is 1. The number of aromatic hydroxyl groups is 1. The summed E-state index contributed by atoms with van der Waals surface area (Å²) in [6, 6.07) is 16.4. The maximum Gasteiger partial charge on any atom is 0.316 e. The average Bonchev–Trinajstić information content (AvgIpc) is 3.05. The van der Waals surface area contributed by atoms with Crippen LogP contribution in [0.25, 0.3) is 17.1 Å². The fourth-order valence-electron chi connectivity index (χ4n) is 2.30. The predicted molar refractivity (Wildman–Crippen MR) is 95.8 cm³/mol. The van der Waals surface area contributed by atoms with Crippen LogP contribution in [-0.2, 0) is 9.53 Å². The third kappa shape index (κ3) is 4.00. The molecule has 0 bridgehead atoms. The highest BCUT2D eigenvalue weighted by atomic mass is 32.2. The number of phenolic OH excluding ortho intramolecular Hbond substituents is 1. The highest BCUT2D eigenvalue weighted by molar-refractivity contribution is 7.99. The number of carbonyl (C=O) groups excluding carboxylic acids is 1. The normalized spacial score (nSPS) is 10.6. The number of benzene rings is 2. The molecule has 3 aromatic rings. The molecule has 1 aromatic heterocycles. The van der Waals surface area contributed by atoms with E-state index in [4.69, 9.17) is 4.74 Å². The second-order valence-electron chi connectivity index (χ2n) is 5.12. The van der Waals surface area contributed by atoms with Crippen molar-refractivity contribution in [3.8, 4) is 22.8 Å². The Labute approximate surface area is 149 Å². The predicted octanol–water partition coefficient (Wildman–Crippen LogP) is 3.30. The highest BCUT2D eigenvalue weighted by Gasteiger charge is 2.17. The SMILES string of the molecule is CCOC(=O)CSc1nnc(-c2ccc(O)cc2)n1-c1ccccc1. The number of phenols is 1. The average molecular weight is 355 g/mol. The molecule has 0 amide bonds. The number of hydrogen-bond acceptors (Lipinski definition) is 6. The molecule has 0 aliphatic carbocycles. The Kier molecular flexibility index (Phi) is 5.35. The molecule has 1 N–H and O–H groups in total. The van der Waals surface area contributed by atoms with Crippen LogP contribution in [0, 0.1) is 0 Å². The Hall–Kier alpha value is -2.80. The molecule has 128 valence electrons. The van der Waals surface area contributed by atoms with Crippen molar-refractivity contribution in [2.24, 2.45) is 0 Å². The molecule has 0 saturated carbocycles. The smallest absolute Gasteiger partial charge is 0.316 e. The molecule has 0 saturated heterocycles. The van der Waals surface area contributed by atoms with Crippen molar-refractivity contribution in [1.29, 1.82) is 0 Å². The fourth-order valence-corrected chi connectivity index (χ4v) is 3.05. The lowest BCUT2D eigenvalue weighted by Gasteiger charge is -2.10. The first-order chi connectivity index (χ1) is 12.2. The van der Waals surface area contributed by atoms with Gasteiger partial charge in [0.15, 0.2) is 11.0 Å². The summed E-state index contributed by atoms with van der Waals surface area (Å²) in [7, 11) is 0. The maximum atomic E-state index is 11.7. The van der Waals surface area contributed by atoms with E-state index < -0.39 is 0 Å². The number of nitrogens with zero attached hydrogens (tertiary/aromatic N) is 3. The summed E-state index contributed by atoms with van der Waals surface area (Å²) in [5.41, 5.74) is 1.71. The van der Waals surface area contributed by atoms with Gasteiger partial charge in [0, 0.05) is 11.3 Å². The molecule has 2 aromatic carbocycles. The number of aromatic nitrogens is 3. The summed E-state index contributed by atoms with van der Waals surface area (Å²) >= 11 is 1.27. The van der Waals surface area contributed by atoms with Crippen LogP contribution in [0.5, 0.6) is 5.75 Å². The van der Waals surface area contributed by atoms with Gasteiger partial charge < -0.3 is 9.84 Å². The molecule has 0 aliphatic heterocycles. The Balaban J connectivity index is 1.98. The molecule has 0 atom stereocenters. The maximum absolute atomic E-state index is 11.7. The molecule has 6 nitrogen and oxygen atoms in total. The van der Waals surface area contributed by atoms with Crippen LogP contribution in [0.3, 0.4) is 0 Å². The van der Waals surface area contributed by atoms with E-state index in [0.717, 1.165) is 11.3 Å². The van der Waals surface area contributed by atoms with Crippen LogP contribution in [0.15, 0.2) is 59.8 Å². The molecule has 0 radical (unpaired) electrons. The number of thioether (sulfide) groups is 1. The van der Waals surface area contributed by atoms with Crippen LogP contribution < -0.4 is 0 Å². The lowest BCUT2D eigenvalue weighted by molar-refractivity contribution is -0.139. The first kappa shape index (κ1) is 17.0.